The molecule has 2 heterocycles. The lowest BCUT2D eigenvalue weighted by Crippen LogP contribution is -2.31. The third kappa shape index (κ3) is 4.31. The van der Waals surface area contributed by atoms with Crippen molar-refractivity contribution in [2.75, 3.05) is 6.54 Å². The van der Waals surface area contributed by atoms with Crippen molar-refractivity contribution in [3.05, 3.63) is 74.3 Å². The average Bonchev–Trinajstić information content (AvgIpc) is 3.36. The number of thiophene rings is 2. The van der Waals surface area contributed by atoms with Gasteiger partial charge in [-0.3, -0.25) is 10.1 Å². The summed E-state index contributed by atoms with van der Waals surface area (Å²) in [6.45, 7) is -0.361. The Morgan fingerprint density at radius 1 is 0.964 bits per heavy atom. The molecule has 148 valence electrons. The van der Waals surface area contributed by atoms with Crippen molar-refractivity contribution in [2.45, 2.75) is 14.4 Å². The van der Waals surface area contributed by atoms with Crippen molar-refractivity contribution in [2.24, 2.45) is 0 Å². The number of nitrogens with zero attached hydrogens (tertiary/aromatic N) is 1. The lowest BCUT2D eigenvalue weighted by molar-refractivity contribution is -0.384. The highest BCUT2D eigenvalue weighted by molar-refractivity contribution is 7.94. The van der Waals surface area contributed by atoms with Crippen molar-refractivity contribution < 1.29 is 21.8 Å². The number of sulfone groups is 1. The van der Waals surface area contributed by atoms with Crippen LogP contribution < -0.4 is 4.72 Å². The Labute approximate surface area is 169 Å². The molecular formula is C16H14N2O6S4. The quantitative estimate of drug-likeness (QED) is 0.408. The Balaban J connectivity index is 1.87. The van der Waals surface area contributed by atoms with E-state index in [9.17, 15) is 26.9 Å². The number of nitro benzene ring substituents is 1. The summed E-state index contributed by atoms with van der Waals surface area (Å²) in [6, 6.07) is 10.8. The van der Waals surface area contributed by atoms with Crippen LogP contribution in [-0.4, -0.2) is 28.3 Å². The molecule has 1 atom stereocenters. The smallest absolute Gasteiger partial charge is 0.258 e. The van der Waals surface area contributed by atoms with Crippen molar-refractivity contribution in [1.29, 1.82) is 0 Å². The molecular weight excluding hydrogens is 444 g/mol. The molecule has 1 aromatic carbocycles. The highest BCUT2D eigenvalue weighted by atomic mass is 32.2. The number of nitrogens with one attached hydrogen (secondary N) is 1. The van der Waals surface area contributed by atoms with E-state index in [0.717, 1.165) is 35.6 Å². The van der Waals surface area contributed by atoms with Gasteiger partial charge >= 0.3 is 0 Å². The van der Waals surface area contributed by atoms with Crippen LogP contribution in [0.5, 0.6) is 0 Å². The molecule has 12 heteroatoms. The number of benzene rings is 1. The topological polar surface area (TPSA) is 123 Å². The van der Waals surface area contributed by atoms with E-state index in [4.69, 9.17) is 0 Å². The van der Waals surface area contributed by atoms with Gasteiger partial charge in [0.05, 0.1) is 9.82 Å². The molecule has 0 fully saturated rings. The summed E-state index contributed by atoms with van der Waals surface area (Å²) < 4.78 is 53.5. The molecule has 0 aliphatic carbocycles. The molecule has 0 amide bonds. The maximum absolute atomic E-state index is 13.0. The number of sulfonamides is 1. The molecule has 8 nitrogen and oxygen atoms in total. The van der Waals surface area contributed by atoms with Crippen LogP contribution in [0.2, 0.25) is 0 Å². The van der Waals surface area contributed by atoms with E-state index in [0.29, 0.717) is 4.88 Å². The van der Waals surface area contributed by atoms with Crippen LogP contribution in [0.15, 0.2) is 68.4 Å². The number of non-ortho nitro benzene ring substituents is 1. The monoisotopic (exact) mass is 458 g/mol. The maximum Gasteiger partial charge on any atom is 0.269 e. The SMILES string of the molecule is O=[N+]([O-])c1ccc(S(=O)(=O)NC[C@H](c2cccs2)S(=O)(=O)c2cccs2)cc1. The Morgan fingerprint density at radius 3 is 2.14 bits per heavy atom. The van der Waals surface area contributed by atoms with Gasteiger partial charge in [-0.05, 0) is 35.0 Å². The zero-order valence-corrected chi connectivity index (χ0v) is 17.4. The summed E-state index contributed by atoms with van der Waals surface area (Å²) >= 11 is 2.29. The largest absolute Gasteiger partial charge is 0.269 e. The van der Waals surface area contributed by atoms with E-state index < -0.39 is 30.0 Å². The Kier molecular flexibility index (Phi) is 5.95. The van der Waals surface area contributed by atoms with Crippen LogP contribution >= 0.6 is 22.7 Å². The minimum Gasteiger partial charge on any atom is -0.258 e. The van der Waals surface area contributed by atoms with Crippen LogP contribution in [0.1, 0.15) is 10.1 Å². The van der Waals surface area contributed by atoms with E-state index in [1.807, 2.05) is 0 Å². The van der Waals surface area contributed by atoms with Crippen molar-refractivity contribution in [1.82, 2.24) is 4.72 Å². The van der Waals surface area contributed by atoms with Crippen LogP contribution in [0.3, 0.4) is 0 Å². The predicted octanol–water partition coefficient (Wildman–Crippen LogP) is 3.21. The molecule has 0 bridgehead atoms. The van der Waals surface area contributed by atoms with Crippen molar-refractivity contribution >= 4 is 48.2 Å². The Hall–Kier alpha value is -2.12. The Bertz CT molecular complexity index is 1150. The molecule has 28 heavy (non-hydrogen) atoms. The second kappa shape index (κ2) is 8.09. The van der Waals surface area contributed by atoms with Gasteiger partial charge < -0.3 is 0 Å². The lowest BCUT2D eigenvalue weighted by Gasteiger charge is -2.16. The molecule has 0 spiro atoms. The van der Waals surface area contributed by atoms with Gasteiger partial charge in [-0.15, -0.1) is 22.7 Å². The van der Waals surface area contributed by atoms with Crippen LogP contribution in [0.4, 0.5) is 5.69 Å². The first kappa shape index (κ1) is 20.6. The van der Waals surface area contributed by atoms with Gasteiger partial charge in [0.25, 0.3) is 5.69 Å². The minimum absolute atomic E-state index is 0.153. The summed E-state index contributed by atoms with van der Waals surface area (Å²) in [4.78, 5) is 10.4. The normalized spacial score (nSPS) is 13.3. The minimum atomic E-state index is -4.05. The van der Waals surface area contributed by atoms with Crippen LogP contribution in [-0.2, 0) is 19.9 Å². The molecule has 2 aromatic heterocycles. The van der Waals surface area contributed by atoms with Crippen LogP contribution in [0, 0.1) is 10.1 Å². The zero-order valence-electron chi connectivity index (χ0n) is 14.1. The van der Waals surface area contributed by atoms with Crippen molar-refractivity contribution in [3.63, 3.8) is 0 Å². The third-order valence-corrected chi connectivity index (χ3v) is 9.92. The third-order valence-electron chi connectivity index (χ3n) is 3.83. The summed E-state index contributed by atoms with van der Waals surface area (Å²) in [5.74, 6) is 0. The number of nitro groups is 1. The first-order valence-corrected chi connectivity index (χ1v) is 12.6. The highest BCUT2D eigenvalue weighted by Gasteiger charge is 2.32. The molecule has 0 saturated heterocycles. The van der Waals surface area contributed by atoms with Gasteiger partial charge in [0.1, 0.15) is 9.46 Å². The number of hydrogen-bond acceptors (Lipinski definition) is 8. The first-order chi connectivity index (χ1) is 13.2. The molecule has 0 aliphatic heterocycles. The molecule has 0 radical (unpaired) electrons. The van der Waals surface area contributed by atoms with Crippen molar-refractivity contribution in [3.8, 4) is 0 Å². The van der Waals surface area contributed by atoms with Gasteiger partial charge in [-0.2, -0.15) is 0 Å². The number of rotatable bonds is 8. The second-order valence-electron chi connectivity index (χ2n) is 5.58. The van der Waals surface area contributed by atoms with Gasteiger partial charge in [0.15, 0.2) is 9.84 Å². The highest BCUT2D eigenvalue weighted by Crippen LogP contribution is 2.33. The standard InChI is InChI=1S/C16H14N2O6S4/c19-18(20)12-5-7-13(8-6-12)28(23,24)17-11-15(14-3-1-9-25-14)27(21,22)16-4-2-10-26-16/h1-10,15,17H,11H2/t15-/m1/s1. The van der Waals surface area contributed by atoms with Gasteiger partial charge in [0, 0.05) is 23.6 Å². The molecule has 0 aliphatic rings. The molecule has 0 unspecified atom stereocenters. The molecule has 1 N–H and O–H groups in total. The summed E-state index contributed by atoms with van der Waals surface area (Å²) in [6.07, 6.45) is 0. The zero-order chi connectivity index (χ0) is 20.4. The first-order valence-electron chi connectivity index (χ1n) is 7.77. The van der Waals surface area contributed by atoms with E-state index in [1.54, 1.807) is 29.0 Å². The van der Waals surface area contributed by atoms with Gasteiger partial charge in [0.2, 0.25) is 10.0 Å². The predicted molar refractivity (Wildman–Crippen MR) is 107 cm³/mol. The Morgan fingerprint density at radius 2 is 1.61 bits per heavy atom. The van der Waals surface area contributed by atoms with E-state index in [-0.39, 0.29) is 21.3 Å². The lowest BCUT2D eigenvalue weighted by atomic mass is 10.3. The summed E-state index contributed by atoms with van der Waals surface area (Å²) in [7, 11) is -7.84. The van der Waals surface area contributed by atoms with Crippen LogP contribution in [0.25, 0.3) is 0 Å². The molecule has 3 aromatic rings. The van der Waals surface area contributed by atoms with Gasteiger partial charge in [-0.25, -0.2) is 21.6 Å². The average molecular weight is 459 g/mol. The fourth-order valence-corrected chi connectivity index (χ4v) is 7.56. The maximum atomic E-state index is 13.0. The fourth-order valence-electron chi connectivity index (χ4n) is 2.42. The second-order valence-corrected chi connectivity index (χ2v) is 11.6. The number of hydrogen-bond donors (Lipinski definition) is 1. The van der Waals surface area contributed by atoms with E-state index >= 15 is 0 Å². The molecule has 3 rings (SSSR count). The summed E-state index contributed by atoms with van der Waals surface area (Å²) in [5.41, 5.74) is -0.240. The molecule has 0 saturated carbocycles. The van der Waals surface area contributed by atoms with E-state index in [2.05, 4.69) is 4.72 Å². The van der Waals surface area contributed by atoms with Gasteiger partial charge in [-0.1, -0.05) is 12.1 Å². The fraction of sp³-hybridized carbons (Fsp3) is 0.125. The summed E-state index contributed by atoms with van der Waals surface area (Å²) in [5, 5.41) is 13.0. The van der Waals surface area contributed by atoms with E-state index in [1.165, 1.54) is 17.4 Å².